The lowest BCUT2D eigenvalue weighted by Crippen LogP contribution is -2.36. The third-order valence-electron chi connectivity index (χ3n) is 3.70. The number of benzene rings is 1. The van der Waals surface area contributed by atoms with E-state index in [0.717, 1.165) is 6.07 Å². The van der Waals surface area contributed by atoms with Gasteiger partial charge in [0.25, 0.3) is 0 Å². The molecule has 0 spiro atoms. The Bertz CT molecular complexity index is 682. The van der Waals surface area contributed by atoms with Crippen LogP contribution in [0.3, 0.4) is 0 Å². The van der Waals surface area contributed by atoms with Gasteiger partial charge in [0, 0.05) is 31.4 Å². The van der Waals surface area contributed by atoms with Crippen molar-refractivity contribution in [2.45, 2.75) is 46.3 Å². The highest BCUT2D eigenvalue weighted by Gasteiger charge is 2.18. The Morgan fingerprint density at radius 1 is 1.30 bits per heavy atom. The monoisotopic (exact) mass is 321 g/mol. The van der Waals surface area contributed by atoms with Gasteiger partial charge in [0.1, 0.15) is 5.82 Å². The van der Waals surface area contributed by atoms with Gasteiger partial charge >= 0.3 is 0 Å². The number of hydrogen-bond acceptors (Lipinski definition) is 2. The number of carbonyl (C=O) groups excluding carboxylic acids is 1. The highest BCUT2D eigenvalue weighted by molar-refractivity contribution is 5.76. The molecule has 0 atom stereocenters. The first-order valence-electron chi connectivity index (χ1n) is 7.65. The second kappa shape index (κ2) is 7.35. The Hall–Kier alpha value is -2.24. The van der Waals surface area contributed by atoms with E-state index in [-0.39, 0.29) is 11.9 Å². The quantitative estimate of drug-likeness (QED) is 0.818. The normalized spacial score (nSPS) is 11.0. The number of nitrogens with zero attached hydrogens (tertiary/aromatic N) is 3. The summed E-state index contributed by atoms with van der Waals surface area (Å²) in [5.41, 5.74) is 0.640. The van der Waals surface area contributed by atoms with Crippen LogP contribution in [-0.4, -0.2) is 26.4 Å². The molecular formula is C17H21F2N3O. The van der Waals surface area contributed by atoms with Gasteiger partial charge in [-0.1, -0.05) is 13.0 Å². The molecule has 0 aliphatic carbocycles. The summed E-state index contributed by atoms with van der Waals surface area (Å²) < 4.78 is 28.2. The van der Waals surface area contributed by atoms with Gasteiger partial charge in [0.05, 0.1) is 6.54 Å². The van der Waals surface area contributed by atoms with Crippen LogP contribution in [0, 0.1) is 11.6 Å². The molecule has 124 valence electrons. The molecule has 1 aromatic carbocycles. The van der Waals surface area contributed by atoms with Gasteiger partial charge in [-0.3, -0.25) is 4.79 Å². The minimum atomic E-state index is -0.867. The van der Waals surface area contributed by atoms with Crippen LogP contribution in [0.15, 0.2) is 30.6 Å². The predicted molar refractivity (Wildman–Crippen MR) is 83.7 cm³/mol. The molecule has 0 N–H and O–H groups in total. The van der Waals surface area contributed by atoms with Crippen molar-refractivity contribution in [2.24, 2.45) is 0 Å². The molecule has 0 bridgehead atoms. The first-order valence-corrected chi connectivity index (χ1v) is 7.65. The van der Waals surface area contributed by atoms with E-state index in [2.05, 4.69) is 4.98 Å². The maximum atomic E-state index is 13.3. The largest absolute Gasteiger partial charge is 0.333 e. The average Bonchev–Trinajstić information content (AvgIpc) is 2.94. The van der Waals surface area contributed by atoms with Crippen molar-refractivity contribution in [3.63, 3.8) is 0 Å². The Labute approximate surface area is 134 Å². The van der Waals surface area contributed by atoms with Gasteiger partial charge in [-0.05, 0) is 31.5 Å². The minimum absolute atomic E-state index is 0.0578. The summed E-state index contributed by atoms with van der Waals surface area (Å²) in [5, 5.41) is 0. The van der Waals surface area contributed by atoms with Crippen LogP contribution >= 0.6 is 0 Å². The van der Waals surface area contributed by atoms with E-state index < -0.39 is 11.6 Å². The summed E-state index contributed by atoms with van der Waals surface area (Å²) in [6.45, 7) is 6.50. The molecule has 1 aromatic heterocycles. The molecule has 6 heteroatoms. The van der Waals surface area contributed by atoms with E-state index in [1.54, 1.807) is 23.4 Å². The van der Waals surface area contributed by atoms with Crippen LogP contribution < -0.4 is 0 Å². The fourth-order valence-electron chi connectivity index (χ4n) is 2.38. The highest BCUT2D eigenvalue weighted by Crippen LogP contribution is 2.13. The highest BCUT2D eigenvalue weighted by atomic mass is 19.2. The van der Waals surface area contributed by atoms with Crippen molar-refractivity contribution in [3.05, 3.63) is 53.6 Å². The summed E-state index contributed by atoms with van der Waals surface area (Å²) in [5.74, 6) is -0.958. The SMILES string of the molecule is CCC(=O)N(Cc1nccn1Cc1ccc(F)c(F)c1)C(C)C. The van der Waals surface area contributed by atoms with Crippen molar-refractivity contribution in [3.8, 4) is 0 Å². The number of hydrogen-bond donors (Lipinski definition) is 0. The minimum Gasteiger partial charge on any atom is -0.333 e. The molecular weight excluding hydrogens is 300 g/mol. The molecule has 4 nitrogen and oxygen atoms in total. The van der Waals surface area contributed by atoms with E-state index in [9.17, 15) is 13.6 Å². The molecule has 0 fully saturated rings. The van der Waals surface area contributed by atoms with Crippen LogP contribution in [0.1, 0.15) is 38.6 Å². The molecule has 0 saturated heterocycles. The number of rotatable bonds is 6. The van der Waals surface area contributed by atoms with Crippen molar-refractivity contribution in [1.82, 2.24) is 14.5 Å². The van der Waals surface area contributed by atoms with E-state index in [1.807, 2.05) is 25.3 Å². The third kappa shape index (κ3) is 4.15. The topological polar surface area (TPSA) is 38.1 Å². The van der Waals surface area contributed by atoms with Crippen LogP contribution in [0.5, 0.6) is 0 Å². The number of carbonyl (C=O) groups is 1. The van der Waals surface area contributed by atoms with Crippen LogP contribution in [-0.2, 0) is 17.9 Å². The molecule has 0 aliphatic rings. The van der Waals surface area contributed by atoms with Crippen molar-refractivity contribution >= 4 is 5.91 Å². The lowest BCUT2D eigenvalue weighted by Gasteiger charge is -2.26. The summed E-state index contributed by atoms with van der Waals surface area (Å²) in [7, 11) is 0. The number of imidazole rings is 1. The summed E-state index contributed by atoms with van der Waals surface area (Å²) >= 11 is 0. The molecule has 0 aliphatic heterocycles. The number of amides is 1. The molecule has 23 heavy (non-hydrogen) atoms. The van der Waals surface area contributed by atoms with Gasteiger partial charge in [-0.25, -0.2) is 13.8 Å². The van der Waals surface area contributed by atoms with E-state index in [0.29, 0.717) is 30.9 Å². The standard InChI is InChI=1S/C17H21F2N3O/c1-4-17(23)22(12(2)3)11-16-20-7-8-21(16)10-13-5-6-14(18)15(19)9-13/h5-9,12H,4,10-11H2,1-3H3. The van der Waals surface area contributed by atoms with Crippen LogP contribution in [0.25, 0.3) is 0 Å². The summed E-state index contributed by atoms with van der Waals surface area (Å²) in [6, 6.07) is 3.90. The zero-order valence-electron chi connectivity index (χ0n) is 13.6. The molecule has 1 heterocycles. The fourth-order valence-corrected chi connectivity index (χ4v) is 2.38. The Kier molecular flexibility index (Phi) is 5.47. The summed E-state index contributed by atoms with van der Waals surface area (Å²) in [4.78, 5) is 18.1. The first kappa shape index (κ1) is 17.1. The van der Waals surface area contributed by atoms with Gasteiger partial charge in [0.2, 0.25) is 5.91 Å². The van der Waals surface area contributed by atoms with Gasteiger partial charge in [0.15, 0.2) is 11.6 Å². The molecule has 0 radical (unpaired) electrons. The second-order valence-corrected chi connectivity index (χ2v) is 5.69. The van der Waals surface area contributed by atoms with E-state index >= 15 is 0 Å². The second-order valence-electron chi connectivity index (χ2n) is 5.69. The Morgan fingerprint density at radius 3 is 2.65 bits per heavy atom. The maximum Gasteiger partial charge on any atom is 0.222 e. The van der Waals surface area contributed by atoms with Crippen LogP contribution in [0.2, 0.25) is 0 Å². The molecule has 0 saturated carbocycles. The van der Waals surface area contributed by atoms with E-state index in [1.165, 1.54) is 6.07 Å². The lowest BCUT2D eigenvalue weighted by molar-refractivity contribution is -0.133. The van der Waals surface area contributed by atoms with Gasteiger partial charge < -0.3 is 9.47 Å². The van der Waals surface area contributed by atoms with Crippen LogP contribution in [0.4, 0.5) is 8.78 Å². The first-order chi connectivity index (χ1) is 10.9. The zero-order chi connectivity index (χ0) is 17.0. The Balaban J connectivity index is 2.18. The van der Waals surface area contributed by atoms with Gasteiger partial charge in [-0.15, -0.1) is 0 Å². The smallest absolute Gasteiger partial charge is 0.222 e. The molecule has 0 unspecified atom stereocenters. The van der Waals surface area contributed by atoms with Gasteiger partial charge in [-0.2, -0.15) is 0 Å². The lowest BCUT2D eigenvalue weighted by atomic mass is 10.2. The van der Waals surface area contributed by atoms with E-state index in [4.69, 9.17) is 0 Å². The Morgan fingerprint density at radius 2 is 2.04 bits per heavy atom. The molecule has 2 rings (SSSR count). The average molecular weight is 321 g/mol. The number of halogens is 2. The van der Waals surface area contributed by atoms with Crippen molar-refractivity contribution < 1.29 is 13.6 Å². The zero-order valence-corrected chi connectivity index (χ0v) is 13.6. The summed E-state index contributed by atoms with van der Waals surface area (Å²) in [6.07, 6.45) is 3.84. The maximum absolute atomic E-state index is 13.3. The molecule has 2 aromatic rings. The third-order valence-corrected chi connectivity index (χ3v) is 3.70. The number of aromatic nitrogens is 2. The predicted octanol–water partition coefficient (Wildman–Crippen LogP) is 3.36. The molecule has 1 amide bonds. The van der Waals surface area contributed by atoms with Crippen molar-refractivity contribution in [2.75, 3.05) is 0 Å². The fraction of sp³-hybridized carbons (Fsp3) is 0.412. The van der Waals surface area contributed by atoms with Crippen molar-refractivity contribution in [1.29, 1.82) is 0 Å².